The van der Waals surface area contributed by atoms with Crippen LogP contribution >= 0.6 is 0 Å². The number of halogens is 3. The van der Waals surface area contributed by atoms with Crippen molar-refractivity contribution in [3.63, 3.8) is 0 Å². The highest BCUT2D eigenvalue weighted by Crippen LogP contribution is 2.57. The van der Waals surface area contributed by atoms with Crippen LogP contribution in [0.1, 0.15) is 12.8 Å². The highest BCUT2D eigenvalue weighted by Gasteiger charge is 2.63. The summed E-state index contributed by atoms with van der Waals surface area (Å²) in [7, 11) is 0. The van der Waals surface area contributed by atoms with E-state index in [1.165, 1.54) is 12.1 Å². The van der Waals surface area contributed by atoms with Gasteiger partial charge in [-0.05, 0) is 25.0 Å². The maximum absolute atomic E-state index is 12.6. The van der Waals surface area contributed by atoms with Gasteiger partial charge in [0, 0.05) is 18.7 Å². The van der Waals surface area contributed by atoms with E-state index in [0.717, 1.165) is 12.1 Å². The lowest BCUT2D eigenvalue weighted by molar-refractivity contribution is -0.384. The summed E-state index contributed by atoms with van der Waals surface area (Å²) < 4.78 is 42.7. The molecule has 0 atom stereocenters. The zero-order chi connectivity index (χ0) is 15.7. The molecule has 1 N–H and O–H groups in total. The summed E-state index contributed by atoms with van der Waals surface area (Å²) >= 11 is 0. The van der Waals surface area contributed by atoms with Gasteiger partial charge in [-0.2, -0.15) is 13.2 Å². The Labute approximate surface area is 117 Å². The molecule has 1 aliphatic carbocycles. The zero-order valence-electron chi connectivity index (χ0n) is 10.6. The number of alkyl halides is 3. The Balaban J connectivity index is 1.86. The van der Waals surface area contributed by atoms with E-state index in [1.807, 2.05) is 0 Å². The monoisotopic (exact) mass is 304 g/mol. The number of benzene rings is 1. The van der Waals surface area contributed by atoms with Gasteiger partial charge in [0.15, 0.2) is 0 Å². The van der Waals surface area contributed by atoms with Crippen molar-refractivity contribution in [2.24, 2.45) is 5.41 Å². The summed E-state index contributed by atoms with van der Waals surface area (Å²) in [4.78, 5) is 21.2. The Morgan fingerprint density at radius 2 is 1.90 bits per heavy atom. The number of carbonyl (C=O) groups is 1. The van der Waals surface area contributed by atoms with Crippen molar-refractivity contribution in [2.45, 2.75) is 19.0 Å². The number of non-ortho nitro benzene ring substituents is 1. The van der Waals surface area contributed by atoms with Crippen LogP contribution in [0.5, 0.6) is 5.75 Å². The highest BCUT2D eigenvalue weighted by atomic mass is 19.4. The number of nitrogens with one attached hydrogen (secondary N) is 1. The number of hydrogen-bond acceptors (Lipinski definition) is 4. The molecule has 1 aliphatic rings. The number of nitrogens with zero attached hydrogens (tertiary/aromatic N) is 1. The Bertz CT molecular complexity index is 553. The van der Waals surface area contributed by atoms with E-state index >= 15 is 0 Å². The second kappa shape index (κ2) is 5.23. The first-order chi connectivity index (χ1) is 9.73. The first kappa shape index (κ1) is 15.1. The minimum atomic E-state index is -4.35. The van der Waals surface area contributed by atoms with Gasteiger partial charge in [-0.25, -0.2) is 4.79 Å². The molecule has 9 heteroatoms. The molecule has 0 aromatic heterocycles. The maximum atomic E-state index is 12.6. The highest BCUT2D eigenvalue weighted by molar-refractivity contribution is 5.70. The van der Waals surface area contributed by atoms with Crippen molar-refractivity contribution in [3.05, 3.63) is 34.4 Å². The van der Waals surface area contributed by atoms with Crippen LogP contribution in [-0.2, 0) is 0 Å². The Morgan fingerprint density at radius 1 is 1.33 bits per heavy atom. The molecule has 21 heavy (non-hydrogen) atoms. The van der Waals surface area contributed by atoms with E-state index in [2.05, 4.69) is 5.32 Å². The summed E-state index contributed by atoms with van der Waals surface area (Å²) in [5, 5.41) is 12.5. The topological polar surface area (TPSA) is 81.5 Å². The number of nitro benzene ring substituents is 1. The fourth-order valence-electron chi connectivity index (χ4n) is 1.73. The third-order valence-electron chi connectivity index (χ3n) is 3.28. The summed E-state index contributed by atoms with van der Waals surface area (Å²) in [6, 6.07) is 4.63. The van der Waals surface area contributed by atoms with Crippen molar-refractivity contribution in [1.29, 1.82) is 0 Å². The standard InChI is InChI=1S/C12H11F3N2O4/c13-12(14,15)11(5-6-11)7-16-10(18)21-9-3-1-8(2-4-9)17(19)20/h1-4H,5-7H2,(H,16,18). The smallest absolute Gasteiger partial charge is 0.410 e. The Hall–Kier alpha value is -2.32. The third-order valence-corrected chi connectivity index (χ3v) is 3.28. The molecular weight excluding hydrogens is 293 g/mol. The number of nitro groups is 1. The third kappa shape index (κ3) is 3.41. The quantitative estimate of drug-likeness (QED) is 0.684. The predicted molar refractivity (Wildman–Crippen MR) is 64.8 cm³/mol. The van der Waals surface area contributed by atoms with Gasteiger partial charge in [0.1, 0.15) is 5.75 Å². The predicted octanol–water partition coefficient (Wildman–Crippen LogP) is 3.03. The van der Waals surface area contributed by atoms with Crippen molar-refractivity contribution >= 4 is 11.8 Å². The first-order valence-corrected chi connectivity index (χ1v) is 6.00. The molecule has 1 amide bonds. The molecule has 1 saturated carbocycles. The number of ether oxygens (including phenoxy) is 1. The van der Waals surface area contributed by atoms with E-state index in [9.17, 15) is 28.1 Å². The molecule has 1 fully saturated rings. The van der Waals surface area contributed by atoms with Gasteiger partial charge in [-0.1, -0.05) is 0 Å². The molecule has 0 spiro atoms. The maximum Gasteiger partial charge on any atom is 0.412 e. The van der Waals surface area contributed by atoms with Crippen molar-refractivity contribution < 1.29 is 27.6 Å². The van der Waals surface area contributed by atoms with Crippen LogP contribution in [0.15, 0.2) is 24.3 Å². The van der Waals surface area contributed by atoms with E-state index in [0.29, 0.717) is 0 Å². The second-order valence-corrected chi connectivity index (χ2v) is 4.77. The fourth-order valence-corrected chi connectivity index (χ4v) is 1.73. The molecule has 0 bridgehead atoms. The van der Waals surface area contributed by atoms with Crippen LogP contribution < -0.4 is 10.1 Å². The van der Waals surface area contributed by atoms with Gasteiger partial charge in [0.25, 0.3) is 5.69 Å². The van der Waals surface area contributed by atoms with Gasteiger partial charge >= 0.3 is 12.3 Å². The lowest BCUT2D eigenvalue weighted by Gasteiger charge is -2.19. The van der Waals surface area contributed by atoms with Crippen LogP contribution in [-0.4, -0.2) is 23.7 Å². The molecular formula is C12H11F3N2O4. The van der Waals surface area contributed by atoms with Crippen molar-refractivity contribution in [1.82, 2.24) is 5.32 Å². The van der Waals surface area contributed by atoms with Crippen molar-refractivity contribution in [2.75, 3.05) is 6.54 Å². The molecule has 0 aliphatic heterocycles. The number of amides is 1. The summed E-state index contributed by atoms with van der Waals surface area (Å²) in [5.74, 6) is 0.00922. The Morgan fingerprint density at radius 3 is 2.33 bits per heavy atom. The molecule has 114 valence electrons. The minimum absolute atomic E-state index is 0.00922. The van der Waals surface area contributed by atoms with Crippen molar-refractivity contribution in [3.8, 4) is 5.75 Å². The summed E-state index contributed by atoms with van der Waals surface area (Å²) in [5.41, 5.74) is -2.03. The lowest BCUT2D eigenvalue weighted by Crippen LogP contribution is -2.39. The van der Waals surface area contributed by atoms with Gasteiger partial charge in [0.2, 0.25) is 0 Å². The van der Waals surface area contributed by atoms with Crippen LogP contribution in [0.3, 0.4) is 0 Å². The zero-order valence-corrected chi connectivity index (χ0v) is 10.6. The Kier molecular flexibility index (Phi) is 3.75. The van der Waals surface area contributed by atoms with Crippen LogP contribution in [0, 0.1) is 15.5 Å². The summed E-state index contributed by atoms with van der Waals surface area (Å²) in [6.45, 7) is -0.539. The largest absolute Gasteiger partial charge is 0.412 e. The molecule has 6 nitrogen and oxygen atoms in total. The molecule has 0 radical (unpaired) electrons. The lowest BCUT2D eigenvalue weighted by atomic mass is 10.1. The molecule has 2 rings (SSSR count). The van der Waals surface area contributed by atoms with E-state index < -0.39 is 29.2 Å². The summed E-state index contributed by atoms with van der Waals surface area (Å²) in [6.07, 6.45) is -5.42. The first-order valence-electron chi connectivity index (χ1n) is 6.00. The molecule has 0 heterocycles. The number of rotatable bonds is 4. The fraction of sp³-hybridized carbons (Fsp3) is 0.417. The normalized spacial score (nSPS) is 16.1. The van der Waals surface area contributed by atoms with E-state index in [-0.39, 0.29) is 24.3 Å². The van der Waals surface area contributed by atoms with Gasteiger partial charge in [-0.3, -0.25) is 10.1 Å². The molecule has 1 aromatic carbocycles. The molecule has 1 aromatic rings. The SMILES string of the molecule is O=C(NCC1(C(F)(F)F)CC1)Oc1ccc([N+](=O)[O-])cc1. The molecule has 0 unspecified atom stereocenters. The van der Waals surface area contributed by atoms with Gasteiger partial charge in [-0.15, -0.1) is 0 Å². The van der Waals surface area contributed by atoms with Crippen LogP contribution in [0.4, 0.5) is 23.7 Å². The van der Waals surface area contributed by atoms with E-state index in [1.54, 1.807) is 0 Å². The van der Waals surface area contributed by atoms with Crippen LogP contribution in [0.25, 0.3) is 0 Å². The van der Waals surface area contributed by atoms with Gasteiger partial charge < -0.3 is 10.1 Å². The van der Waals surface area contributed by atoms with Crippen LogP contribution in [0.2, 0.25) is 0 Å². The minimum Gasteiger partial charge on any atom is -0.410 e. The average Bonchev–Trinajstić information content (AvgIpc) is 3.17. The average molecular weight is 304 g/mol. The number of carbonyl (C=O) groups excluding carboxylic acids is 1. The van der Waals surface area contributed by atoms with E-state index in [4.69, 9.17) is 4.74 Å². The van der Waals surface area contributed by atoms with Gasteiger partial charge in [0.05, 0.1) is 10.3 Å². The second-order valence-electron chi connectivity index (χ2n) is 4.77. The number of hydrogen-bond donors (Lipinski definition) is 1. The molecule has 0 saturated heterocycles.